The lowest BCUT2D eigenvalue weighted by Gasteiger charge is -2.25. The van der Waals surface area contributed by atoms with Crippen molar-refractivity contribution in [2.75, 3.05) is 75.1 Å². The number of amides is 4. The van der Waals surface area contributed by atoms with Gasteiger partial charge in [0.15, 0.2) is 29.8 Å². The smallest absolute Gasteiger partial charge is 0.241 e. The number of rotatable bonds is 25. The Bertz CT molecular complexity index is 6330. The van der Waals surface area contributed by atoms with Gasteiger partial charge < -0.3 is 75.2 Å². The first-order valence-electron chi connectivity index (χ1n) is 42.8. The fraction of sp³-hybridized carbons (Fsp3) is 0.280. The Hall–Kier alpha value is -13.1. The van der Waals surface area contributed by atoms with Gasteiger partial charge in [0.05, 0.1) is 81.9 Å². The summed E-state index contributed by atoms with van der Waals surface area (Å²) in [6, 6.07) is 75.3. The lowest BCUT2D eigenvalue weighted by Crippen LogP contribution is -2.51. The number of aryl methyl sites for hydroxylation is 2. The molecule has 30 heteroatoms. The number of ether oxygens (including phenoxy) is 7. The topological polar surface area (TPSA) is 391 Å². The largest absolute Gasteiger partial charge is 0.497 e. The highest BCUT2D eigenvalue weighted by atomic mass is 32.2. The molecule has 1 unspecified atom stereocenters. The maximum atomic E-state index is 13.3. The molecule has 4 saturated carbocycles. The summed E-state index contributed by atoms with van der Waals surface area (Å²) in [5.41, 5.74) is 10.5. The number of carbonyl (C=O) groups is 4. The second kappa shape index (κ2) is 38.3. The molecule has 0 spiro atoms. The number of hydrogen-bond donors (Lipinski definition) is 8. The van der Waals surface area contributed by atoms with E-state index in [0.29, 0.717) is 76.1 Å². The van der Waals surface area contributed by atoms with Gasteiger partial charge >= 0.3 is 0 Å². The minimum absolute atomic E-state index is 0. The van der Waals surface area contributed by atoms with Crippen molar-refractivity contribution in [3.05, 3.63) is 288 Å². The van der Waals surface area contributed by atoms with E-state index in [1.165, 1.54) is 24.6 Å². The Morgan fingerprint density at radius 3 is 1.48 bits per heavy atom. The first-order valence-corrected chi connectivity index (χ1v) is 45.4. The van der Waals surface area contributed by atoms with Gasteiger partial charge in [0.2, 0.25) is 47.2 Å². The predicted molar refractivity (Wildman–Crippen MR) is 501 cm³/mol. The molecule has 0 bridgehead atoms. The molecule has 4 aliphatic carbocycles. The number of aliphatic hydroxyl groups excluding tert-OH is 3. The summed E-state index contributed by atoms with van der Waals surface area (Å²) in [5, 5.41) is 40.3. The molecule has 12 aromatic rings. The maximum absolute atomic E-state index is 13.3. The molecule has 0 radical (unpaired) electrons. The lowest BCUT2D eigenvalue weighted by atomic mass is 9.93. The van der Waals surface area contributed by atoms with Crippen LogP contribution in [0.4, 0.5) is 23.3 Å². The monoisotopic (exact) mass is 1800 g/mol. The van der Waals surface area contributed by atoms with Gasteiger partial charge in [0, 0.05) is 59.4 Å². The molecular weight excluding hydrogens is 1690 g/mol. The number of nitrogens with zero attached hydrogens (tertiary/aromatic N) is 5. The van der Waals surface area contributed by atoms with Gasteiger partial charge in [-0.05, 0) is 240 Å². The molecule has 680 valence electrons. The van der Waals surface area contributed by atoms with Crippen LogP contribution in [0.25, 0.3) is 44.8 Å². The zero-order valence-corrected chi connectivity index (χ0v) is 73.7. The molecule has 28 nitrogen and oxygen atoms in total. The molecule has 4 aliphatic heterocycles. The first-order chi connectivity index (χ1) is 62.5. The predicted octanol–water partition coefficient (Wildman–Crippen LogP) is 15.5. The molecule has 8 aromatic carbocycles. The Morgan fingerprint density at radius 1 is 0.500 bits per heavy atom. The number of methoxy groups -OCH3 is 1. The molecule has 10 N–H and O–H groups in total. The number of benzene rings is 8. The Morgan fingerprint density at radius 2 is 0.969 bits per heavy atom. The number of sulfonamides is 1. The summed E-state index contributed by atoms with van der Waals surface area (Å²) in [6.45, 7) is 6.20. The minimum Gasteiger partial charge on any atom is -0.497 e. The molecular formula is C100H110N10O18S2. The van der Waals surface area contributed by atoms with Crippen molar-refractivity contribution in [1.29, 1.82) is 0 Å². The molecule has 8 heterocycles. The van der Waals surface area contributed by atoms with Crippen molar-refractivity contribution in [3.8, 4) is 79.3 Å². The van der Waals surface area contributed by atoms with E-state index in [9.17, 15) is 47.1 Å². The highest BCUT2D eigenvalue weighted by Gasteiger charge is 2.55. The van der Waals surface area contributed by atoms with E-state index in [4.69, 9.17) is 33.2 Å². The van der Waals surface area contributed by atoms with Crippen molar-refractivity contribution in [2.45, 2.75) is 135 Å². The summed E-state index contributed by atoms with van der Waals surface area (Å²) in [4.78, 5) is 71.4. The summed E-state index contributed by atoms with van der Waals surface area (Å²) >= 11 is 0. The van der Waals surface area contributed by atoms with E-state index in [1.807, 2.05) is 181 Å². The maximum Gasteiger partial charge on any atom is 0.241 e. The third kappa shape index (κ3) is 19.6. The van der Waals surface area contributed by atoms with E-state index >= 15 is 0 Å². The van der Waals surface area contributed by atoms with Crippen LogP contribution in [0.3, 0.4) is 0 Å². The zero-order chi connectivity index (χ0) is 89.7. The van der Waals surface area contributed by atoms with Crippen LogP contribution < -0.4 is 54.4 Å². The van der Waals surface area contributed by atoms with Gasteiger partial charge in [0.25, 0.3) is 0 Å². The van der Waals surface area contributed by atoms with E-state index in [2.05, 4.69) is 77.1 Å². The van der Waals surface area contributed by atoms with Crippen molar-refractivity contribution in [3.63, 3.8) is 0 Å². The molecule has 4 amide bonds. The van der Waals surface area contributed by atoms with Gasteiger partial charge in [-0.1, -0.05) is 127 Å². The fourth-order valence-electron chi connectivity index (χ4n) is 16.4. The summed E-state index contributed by atoms with van der Waals surface area (Å²) in [6.07, 6.45) is 9.93. The number of aliphatic hydroxyl groups is 3. The number of nitrogens with one attached hydrogen (secondary N) is 5. The Kier molecular flexibility index (Phi) is 26.6. The van der Waals surface area contributed by atoms with Crippen molar-refractivity contribution < 1.29 is 92.9 Å². The SMILES string of the molecule is CC(CO)(CO)NS(=O)(=O)c1ccc(-c2cccc(NC(=O)C3(c4ccc5c(c4)OCO5)CC3)n2)cc1.COc1ccc(C2(C(=O)Nc3ccc(-c4ccccc4)cn3)CC2)cc1.Cc1ccc(-c2ccc(NC(=O)C3(c4ccc5c(c4)OCO5)CC3)nc2C)cc1.O.O=C(Nc1cccc(-c2ccc(S(=O)N3CCC[C@@H]3CO)cc2)n1)C1(c2ccc3c(c2)COCO3)CC1.[HH].[HH].[HH].[HH].[HH]. The number of aromatic nitrogens is 4. The minimum atomic E-state index is -3.97. The standard InChI is InChI=1S/C28H29N3O5S.C26H27N3O7S.C24H22N2O3.C22H20N2O2.H2O.5H2/c32-16-22-3-2-14-31(22)37(34)23-9-6-19(7-10-23)24-4-1-5-26(29-24)30-27(33)28(12-13-28)21-8-11-25-20(15-21)17-35-18-36-25;1-25(14-30,15-31)29-37(33,34)19-8-5-17(6-9-19)20-3-2-4-23(27-20)28-24(32)26(11-12-26)18-7-10-21-22(13-18)36-16-35-21;1-15-3-5-17(6-4-15)19-8-10-22(25-16(19)2)26-23(27)24(11-12-24)18-7-9-20-21(13-18)29-14-28-20;1-26-19-10-8-18(9-11-19)22(13-14-22)21(25)24-20-12-7-17(15-23-20)16-5-3-2-4-6-16;;;;;;/h1,4-11,15,22,32H,2-3,12-14,16-18H2,(H,29,30,33);2-10,13,29-31H,11-12,14-16H2,1H3,(H,27,28,32);3-10,13H,11-12,14H2,1-2H3,(H,25,26,27);2-12,15H,13-14H2,1H3,(H,23,24,25);1H2;5*1H/t22-,37?;;;;;;;;;/m1........./s1. The van der Waals surface area contributed by atoms with Gasteiger partial charge in [-0.25, -0.2) is 41.6 Å². The number of hydrogen-bond acceptors (Lipinski definition) is 21. The molecule has 2 atom stereocenters. The average molecular weight is 1800 g/mol. The van der Waals surface area contributed by atoms with Crippen LogP contribution in [0.5, 0.6) is 34.5 Å². The molecule has 130 heavy (non-hydrogen) atoms. The van der Waals surface area contributed by atoms with Crippen molar-refractivity contribution in [2.24, 2.45) is 0 Å². The highest BCUT2D eigenvalue weighted by molar-refractivity contribution is 7.89. The molecule has 1 saturated heterocycles. The van der Waals surface area contributed by atoms with E-state index in [1.54, 1.807) is 49.7 Å². The second-order valence-corrected chi connectivity index (χ2v) is 36.8. The van der Waals surface area contributed by atoms with Crippen LogP contribution in [0.2, 0.25) is 0 Å². The Labute approximate surface area is 762 Å². The van der Waals surface area contributed by atoms with Gasteiger partial charge in [0.1, 0.15) is 45.8 Å². The fourth-order valence-corrected chi connectivity index (χ4v) is 19.1. The number of pyridine rings is 4. The van der Waals surface area contributed by atoms with Crippen LogP contribution >= 0.6 is 0 Å². The van der Waals surface area contributed by atoms with Crippen LogP contribution in [0.1, 0.15) is 117 Å². The van der Waals surface area contributed by atoms with Crippen LogP contribution in [0.15, 0.2) is 259 Å². The second-order valence-electron chi connectivity index (χ2n) is 33.7. The quantitative estimate of drug-likeness (QED) is 0.0263. The molecule has 4 aromatic heterocycles. The van der Waals surface area contributed by atoms with Crippen LogP contribution in [0, 0.1) is 13.8 Å². The van der Waals surface area contributed by atoms with Crippen LogP contribution in [-0.2, 0) is 73.2 Å². The van der Waals surface area contributed by atoms with E-state index < -0.39 is 61.4 Å². The summed E-state index contributed by atoms with van der Waals surface area (Å²) in [7, 11) is -3.64. The first kappa shape index (κ1) is 90.2. The normalized spacial score (nSPS) is 16.9. The molecule has 5 fully saturated rings. The van der Waals surface area contributed by atoms with Gasteiger partial charge in [-0.2, -0.15) is 0 Å². The lowest BCUT2D eigenvalue weighted by molar-refractivity contribution is -0.119. The third-order valence-electron chi connectivity index (χ3n) is 24.8. The number of carbonyl (C=O) groups excluding carboxylic acids is 4. The van der Waals surface area contributed by atoms with E-state index in [0.717, 1.165) is 142 Å². The van der Waals surface area contributed by atoms with Gasteiger partial charge in [-0.3, -0.25) is 19.2 Å². The van der Waals surface area contributed by atoms with Crippen LogP contribution in [-0.4, -0.2) is 147 Å². The van der Waals surface area contributed by atoms with Crippen molar-refractivity contribution in [1.82, 2.24) is 29.0 Å². The molecule has 20 rings (SSSR count). The van der Waals surface area contributed by atoms with E-state index in [-0.39, 0.29) is 74.2 Å². The Balaban J connectivity index is 0.000000172. The number of anilines is 4. The third-order valence-corrected chi connectivity index (χ3v) is 28.1. The van der Waals surface area contributed by atoms with Gasteiger partial charge in [-0.15, -0.1) is 0 Å². The highest BCUT2D eigenvalue weighted by Crippen LogP contribution is 2.54. The average Bonchev–Trinajstić information content (AvgIpc) is 1.61. The van der Waals surface area contributed by atoms with Crippen molar-refractivity contribution >= 4 is 67.9 Å². The summed E-state index contributed by atoms with van der Waals surface area (Å²) in [5.74, 6) is 6.14. The molecule has 8 aliphatic rings. The summed E-state index contributed by atoms with van der Waals surface area (Å²) < 4.78 is 80.3. The zero-order valence-electron chi connectivity index (χ0n) is 72.1. The number of fused-ring (bicyclic) bond motifs is 3.